The molecular formula is C28H24F3N5O2. The Morgan fingerprint density at radius 1 is 1.11 bits per heavy atom. The van der Waals surface area contributed by atoms with Gasteiger partial charge in [0, 0.05) is 48.8 Å². The first-order valence-electron chi connectivity index (χ1n) is 12.0. The quantitative estimate of drug-likeness (QED) is 0.401. The number of amides is 1. The number of hydrogen-bond donors (Lipinski definition) is 1. The molecular weight excluding hydrogens is 495 g/mol. The minimum Gasteiger partial charge on any atom is -0.379 e. The Morgan fingerprint density at radius 2 is 1.92 bits per heavy atom. The first-order chi connectivity index (χ1) is 18.3. The number of ether oxygens (including phenoxy) is 1. The van der Waals surface area contributed by atoms with Gasteiger partial charge in [-0.1, -0.05) is 12.0 Å². The summed E-state index contributed by atoms with van der Waals surface area (Å²) in [5.74, 6) is 5.62. The standard InChI is InChI=1S/C28H24F3N5O2/c1-19-2-3-22(14-21(19)4-5-25-16-33-26-17-32-6-7-36(25)26)27(37)34-24-13-20(12-23(15-24)28(29,30)31)18-35-8-10-38-11-9-35/h2-3,6-7,12-17H,8-11,18H2,1H3,(H,34,37). The SMILES string of the molecule is Cc1ccc(C(=O)Nc2cc(CN3CCOCC3)cc(C(F)(F)F)c2)cc1C#Cc1cnc2cnccn12. The van der Waals surface area contributed by atoms with E-state index in [4.69, 9.17) is 4.74 Å². The molecule has 1 N–H and O–H groups in total. The van der Waals surface area contributed by atoms with Crippen molar-refractivity contribution < 1.29 is 22.7 Å². The molecule has 4 aromatic rings. The monoisotopic (exact) mass is 519 g/mol. The first-order valence-corrected chi connectivity index (χ1v) is 12.0. The molecule has 0 radical (unpaired) electrons. The summed E-state index contributed by atoms with van der Waals surface area (Å²) >= 11 is 0. The highest BCUT2D eigenvalue weighted by atomic mass is 19.4. The number of rotatable bonds is 4. The number of aryl methyl sites for hydroxylation is 1. The summed E-state index contributed by atoms with van der Waals surface area (Å²) < 4.78 is 48.0. The number of fused-ring (bicyclic) bond motifs is 1. The summed E-state index contributed by atoms with van der Waals surface area (Å²) in [6, 6.07) is 8.67. The minimum absolute atomic E-state index is 0.0839. The Balaban J connectivity index is 1.39. The lowest BCUT2D eigenvalue weighted by atomic mass is 10.0. The number of anilines is 1. The van der Waals surface area contributed by atoms with Gasteiger partial charge in [-0.3, -0.25) is 19.1 Å². The van der Waals surface area contributed by atoms with Crippen molar-refractivity contribution in [3.63, 3.8) is 0 Å². The van der Waals surface area contributed by atoms with E-state index >= 15 is 0 Å². The summed E-state index contributed by atoms with van der Waals surface area (Å²) in [6.45, 7) is 4.55. The molecule has 7 nitrogen and oxygen atoms in total. The van der Waals surface area contributed by atoms with Crippen LogP contribution in [0.1, 0.15) is 38.3 Å². The van der Waals surface area contributed by atoms with Crippen LogP contribution in [-0.4, -0.2) is 51.5 Å². The predicted octanol–water partition coefficient (Wildman–Crippen LogP) is 4.54. The van der Waals surface area contributed by atoms with E-state index in [1.807, 2.05) is 11.8 Å². The fourth-order valence-corrected chi connectivity index (χ4v) is 4.20. The number of alkyl halides is 3. The van der Waals surface area contributed by atoms with Gasteiger partial charge in [0.25, 0.3) is 5.91 Å². The van der Waals surface area contributed by atoms with Crippen LogP contribution in [0.4, 0.5) is 18.9 Å². The minimum atomic E-state index is -4.54. The molecule has 1 amide bonds. The molecule has 194 valence electrons. The highest BCUT2D eigenvalue weighted by Crippen LogP contribution is 2.32. The Kier molecular flexibility index (Phi) is 7.13. The van der Waals surface area contributed by atoms with Crippen molar-refractivity contribution in [1.82, 2.24) is 19.3 Å². The molecule has 1 aliphatic heterocycles. The summed E-state index contributed by atoms with van der Waals surface area (Å²) in [5, 5.41) is 2.64. The Labute approximate surface area is 217 Å². The van der Waals surface area contributed by atoms with E-state index in [-0.39, 0.29) is 11.3 Å². The summed E-state index contributed by atoms with van der Waals surface area (Å²) in [4.78, 5) is 23.4. The normalized spacial score (nSPS) is 14.2. The van der Waals surface area contributed by atoms with Gasteiger partial charge in [0.15, 0.2) is 5.65 Å². The van der Waals surface area contributed by atoms with Crippen molar-refractivity contribution >= 4 is 17.2 Å². The average molecular weight is 520 g/mol. The second-order valence-corrected chi connectivity index (χ2v) is 8.99. The fourth-order valence-electron chi connectivity index (χ4n) is 4.20. The Morgan fingerprint density at radius 3 is 2.71 bits per heavy atom. The highest BCUT2D eigenvalue weighted by molar-refractivity contribution is 6.04. The number of carbonyl (C=O) groups excluding carboxylic acids is 1. The predicted molar refractivity (Wildman–Crippen MR) is 136 cm³/mol. The zero-order chi connectivity index (χ0) is 26.7. The zero-order valence-corrected chi connectivity index (χ0v) is 20.5. The van der Waals surface area contributed by atoms with Crippen molar-refractivity contribution in [3.05, 3.63) is 94.7 Å². The fraction of sp³-hybridized carbons (Fsp3) is 0.250. The maximum Gasteiger partial charge on any atom is 0.416 e. The van der Waals surface area contributed by atoms with E-state index in [1.54, 1.807) is 53.5 Å². The van der Waals surface area contributed by atoms with Gasteiger partial charge in [-0.25, -0.2) is 4.98 Å². The smallest absolute Gasteiger partial charge is 0.379 e. The molecule has 1 aliphatic rings. The molecule has 0 unspecified atom stereocenters. The van der Waals surface area contributed by atoms with E-state index in [1.165, 1.54) is 0 Å². The van der Waals surface area contributed by atoms with Crippen LogP contribution in [0.5, 0.6) is 0 Å². The zero-order valence-electron chi connectivity index (χ0n) is 20.5. The van der Waals surface area contributed by atoms with Crippen LogP contribution in [0.15, 0.2) is 61.2 Å². The van der Waals surface area contributed by atoms with Crippen molar-refractivity contribution in [2.24, 2.45) is 0 Å². The van der Waals surface area contributed by atoms with Crippen molar-refractivity contribution in [2.45, 2.75) is 19.6 Å². The number of aromatic nitrogens is 3. The Bertz CT molecular complexity index is 1550. The second kappa shape index (κ2) is 10.7. The third-order valence-corrected chi connectivity index (χ3v) is 6.23. The highest BCUT2D eigenvalue weighted by Gasteiger charge is 2.31. The third-order valence-electron chi connectivity index (χ3n) is 6.23. The van der Waals surface area contributed by atoms with E-state index in [2.05, 4.69) is 27.1 Å². The number of nitrogens with zero attached hydrogens (tertiary/aromatic N) is 4. The molecule has 2 aromatic carbocycles. The number of morpholine rings is 1. The number of carbonyl (C=O) groups is 1. The van der Waals surface area contributed by atoms with Gasteiger partial charge in [0.2, 0.25) is 0 Å². The number of nitrogens with one attached hydrogen (secondary N) is 1. The van der Waals surface area contributed by atoms with Gasteiger partial charge in [-0.2, -0.15) is 13.2 Å². The summed E-state index contributed by atoms with van der Waals surface area (Å²) in [7, 11) is 0. The topological polar surface area (TPSA) is 71.8 Å². The third kappa shape index (κ3) is 5.85. The van der Waals surface area contributed by atoms with E-state index in [9.17, 15) is 18.0 Å². The molecule has 0 aliphatic carbocycles. The maximum atomic E-state index is 13.6. The van der Waals surface area contributed by atoms with Gasteiger partial charge in [0.1, 0.15) is 5.69 Å². The Hall–Kier alpha value is -4.20. The van der Waals surface area contributed by atoms with Crippen molar-refractivity contribution in [1.29, 1.82) is 0 Å². The van der Waals surface area contributed by atoms with Gasteiger partial charge in [0.05, 0.1) is 31.2 Å². The first kappa shape index (κ1) is 25.4. The lowest BCUT2D eigenvalue weighted by Gasteiger charge is -2.27. The molecule has 10 heteroatoms. The van der Waals surface area contributed by atoms with Gasteiger partial charge >= 0.3 is 6.18 Å². The number of benzene rings is 2. The molecule has 1 saturated heterocycles. The lowest BCUT2D eigenvalue weighted by Crippen LogP contribution is -2.35. The molecule has 5 rings (SSSR count). The van der Waals surface area contributed by atoms with Crippen LogP contribution < -0.4 is 5.32 Å². The van der Waals surface area contributed by atoms with Crippen LogP contribution in [0.2, 0.25) is 0 Å². The molecule has 0 saturated carbocycles. The lowest BCUT2D eigenvalue weighted by molar-refractivity contribution is -0.137. The molecule has 1 fully saturated rings. The van der Waals surface area contributed by atoms with Crippen molar-refractivity contribution in [2.75, 3.05) is 31.6 Å². The second-order valence-electron chi connectivity index (χ2n) is 8.99. The molecule has 38 heavy (non-hydrogen) atoms. The van der Waals surface area contributed by atoms with Crippen molar-refractivity contribution in [3.8, 4) is 11.8 Å². The molecule has 0 bridgehead atoms. The maximum absolute atomic E-state index is 13.6. The average Bonchev–Trinajstić information content (AvgIpc) is 3.31. The summed E-state index contributed by atoms with van der Waals surface area (Å²) in [6.07, 6.45) is 2.11. The summed E-state index contributed by atoms with van der Waals surface area (Å²) in [5.41, 5.74) is 2.84. The van der Waals surface area contributed by atoms with Crippen LogP contribution >= 0.6 is 0 Å². The van der Waals surface area contributed by atoms with Crippen LogP contribution in [-0.2, 0) is 17.5 Å². The molecule has 2 aromatic heterocycles. The van der Waals surface area contributed by atoms with Gasteiger partial charge in [-0.05, 0) is 54.3 Å². The number of imidazole rings is 1. The van der Waals surface area contributed by atoms with Crippen LogP contribution in [0.3, 0.4) is 0 Å². The van der Waals surface area contributed by atoms with E-state index in [0.717, 1.165) is 17.7 Å². The number of hydrogen-bond acceptors (Lipinski definition) is 5. The molecule has 0 atom stereocenters. The molecule has 3 heterocycles. The van der Waals surface area contributed by atoms with E-state index in [0.29, 0.717) is 55.3 Å². The van der Waals surface area contributed by atoms with E-state index < -0.39 is 17.6 Å². The molecule has 0 spiro atoms. The number of halogens is 3. The van der Waals surface area contributed by atoms with Gasteiger partial charge in [-0.15, -0.1) is 0 Å². The van der Waals surface area contributed by atoms with Crippen LogP contribution in [0.25, 0.3) is 5.65 Å². The largest absolute Gasteiger partial charge is 0.416 e. The van der Waals surface area contributed by atoms with Gasteiger partial charge < -0.3 is 10.1 Å². The van der Waals surface area contributed by atoms with Crippen LogP contribution in [0, 0.1) is 18.8 Å².